The second-order valence-corrected chi connectivity index (χ2v) is 5.62. The highest BCUT2D eigenvalue weighted by atomic mass is 16.6. The third-order valence-electron chi connectivity index (χ3n) is 2.33. The maximum Gasteiger partial charge on any atom is 0.408 e. The van der Waals surface area contributed by atoms with Crippen molar-refractivity contribution in [1.82, 2.24) is 10.6 Å². The molecule has 0 saturated heterocycles. The zero-order chi connectivity index (χ0) is 18.4. The molecule has 0 rings (SSSR count). The van der Waals surface area contributed by atoms with Crippen molar-refractivity contribution in [1.29, 1.82) is 0 Å². The minimum atomic E-state index is -1.42. The number of amides is 2. The second-order valence-electron chi connectivity index (χ2n) is 5.62. The third kappa shape index (κ3) is 8.77. The van der Waals surface area contributed by atoms with E-state index in [4.69, 9.17) is 16.4 Å². The smallest absolute Gasteiger partial charge is 0.408 e. The van der Waals surface area contributed by atoms with E-state index < -0.39 is 48.0 Å². The van der Waals surface area contributed by atoms with Crippen LogP contribution in [0.3, 0.4) is 0 Å². The molecule has 0 aromatic heterocycles. The number of hydrogen-bond acceptors (Lipinski definition) is 5. The molecule has 0 fully saturated rings. The van der Waals surface area contributed by atoms with Gasteiger partial charge in [0.2, 0.25) is 5.91 Å². The van der Waals surface area contributed by atoms with Gasteiger partial charge < -0.3 is 25.6 Å². The second kappa shape index (κ2) is 8.20. The Hall–Kier alpha value is -2.32. The van der Waals surface area contributed by atoms with E-state index >= 15 is 0 Å². The van der Waals surface area contributed by atoms with Gasteiger partial charge in [0.25, 0.3) is 0 Å². The highest BCUT2D eigenvalue weighted by Gasteiger charge is 2.25. The first-order chi connectivity index (χ1) is 10.3. The fraction of sp³-hybridized carbons (Fsp3) is 0.692. The van der Waals surface area contributed by atoms with E-state index in [0.717, 1.165) is 0 Å². The van der Waals surface area contributed by atoms with Crippen LogP contribution in [0.15, 0.2) is 0 Å². The highest BCUT2D eigenvalue weighted by Crippen LogP contribution is 2.07. The summed E-state index contributed by atoms with van der Waals surface area (Å²) in [6.07, 6.45) is -1.81. The van der Waals surface area contributed by atoms with Gasteiger partial charge >= 0.3 is 18.0 Å². The number of carboxylic acid groups (broad SMARTS) is 2. The van der Waals surface area contributed by atoms with Gasteiger partial charge in [0.1, 0.15) is 17.7 Å². The van der Waals surface area contributed by atoms with Crippen LogP contribution in [0.5, 0.6) is 0 Å². The van der Waals surface area contributed by atoms with Crippen molar-refractivity contribution in [3.05, 3.63) is 0 Å². The van der Waals surface area contributed by atoms with Crippen molar-refractivity contribution in [2.45, 2.75) is 58.2 Å². The predicted molar refractivity (Wildman–Crippen MR) is 75.3 cm³/mol. The van der Waals surface area contributed by atoms with Crippen LogP contribution in [0.1, 0.15) is 40.5 Å². The highest BCUT2D eigenvalue weighted by molar-refractivity contribution is 5.89. The van der Waals surface area contributed by atoms with Crippen molar-refractivity contribution >= 4 is 23.9 Å². The van der Waals surface area contributed by atoms with Crippen molar-refractivity contribution in [3.63, 3.8) is 0 Å². The predicted octanol–water partition coefficient (Wildman–Crippen LogP) is 0.334. The molecule has 126 valence electrons. The molecule has 0 bridgehead atoms. The molecule has 2 atom stereocenters. The molecule has 9 heteroatoms. The quantitative estimate of drug-likeness (QED) is 0.529. The van der Waals surface area contributed by atoms with E-state index in [0.29, 0.717) is 0 Å². The number of hydrogen-bond donors (Lipinski definition) is 4. The van der Waals surface area contributed by atoms with Crippen LogP contribution < -0.4 is 10.6 Å². The van der Waals surface area contributed by atoms with E-state index in [1.165, 1.54) is 6.92 Å². The molecule has 22 heavy (non-hydrogen) atoms. The molecule has 0 aliphatic rings. The average molecular weight is 319 g/mol. The molecule has 0 aliphatic carbocycles. The van der Waals surface area contributed by atoms with Crippen LogP contribution in [-0.4, -0.2) is 51.8 Å². The van der Waals surface area contributed by atoms with Gasteiger partial charge in [-0.3, -0.25) is 9.59 Å². The molecule has 0 aliphatic heterocycles. The lowest BCUT2D eigenvalue weighted by atomic mass is 10.1. The average Bonchev–Trinajstić information content (AvgIpc) is 2.38. The van der Waals surface area contributed by atoms with E-state index in [2.05, 4.69) is 5.32 Å². The van der Waals surface area contributed by atoms with Crippen LogP contribution in [0.25, 0.3) is 0 Å². The maximum absolute atomic E-state index is 11.9. The first kappa shape index (κ1) is 17.7. The summed E-state index contributed by atoms with van der Waals surface area (Å²) in [5, 5.41) is 19.9. The van der Waals surface area contributed by atoms with Crippen molar-refractivity contribution in [3.8, 4) is 0 Å². The minimum Gasteiger partial charge on any atom is -0.481 e. The lowest BCUT2D eigenvalue weighted by molar-refractivity contribution is -0.143. The minimum absolute atomic E-state index is 0.288. The Bertz CT molecular complexity index is 475. The topological polar surface area (TPSA) is 142 Å². The lowest BCUT2D eigenvalue weighted by Crippen LogP contribution is -2.51. The lowest BCUT2D eigenvalue weighted by Gasteiger charge is -2.22. The van der Waals surface area contributed by atoms with Gasteiger partial charge in [0, 0.05) is 6.42 Å². The molecule has 2 amide bonds. The van der Waals surface area contributed by atoms with Gasteiger partial charge in [0.05, 0.1) is 0 Å². The van der Waals surface area contributed by atoms with Gasteiger partial charge in [-0.2, -0.15) is 0 Å². The number of carbonyl (C=O) groups is 4. The van der Waals surface area contributed by atoms with Gasteiger partial charge in [0.15, 0.2) is 1.41 Å². The SMILES string of the molecule is [2H]N(C(=O)OC(C)(C)C)[C@@H](C)C(=O)N[C@@H](CCC(=O)O)C(=O)O. The summed E-state index contributed by atoms with van der Waals surface area (Å²) in [7, 11) is 0. The molecule has 0 aromatic carbocycles. The molecule has 0 spiro atoms. The summed E-state index contributed by atoms with van der Waals surface area (Å²) >= 11 is 0. The normalized spacial score (nSPS) is 14.3. The van der Waals surface area contributed by atoms with Gasteiger partial charge in [-0.05, 0) is 34.1 Å². The fourth-order valence-corrected chi connectivity index (χ4v) is 1.32. The number of alkyl carbamates (subject to hydrolysis) is 1. The number of rotatable bonds is 7. The summed E-state index contributed by atoms with van der Waals surface area (Å²) in [5.74, 6) is -3.50. The van der Waals surface area contributed by atoms with Crippen molar-refractivity contribution in [2.75, 3.05) is 0 Å². The Morgan fingerprint density at radius 3 is 2.18 bits per heavy atom. The Balaban J connectivity index is 4.76. The largest absolute Gasteiger partial charge is 0.481 e. The summed E-state index contributed by atoms with van der Waals surface area (Å²) < 4.78 is 12.5. The molecular formula is C13H22N2O7. The zero-order valence-corrected chi connectivity index (χ0v) is 13.0. The number of carbonyl (C=O) groups excluding carboxylic acids is 2. The van der Waals surface area contributed by atoms with E-state index in [1.54, 1.807) is 20.8 Å². The Morgan fingerprint density at radius 2 is 1.77 bits per heavy atom. The number of aliphatic carboxylic acids is 2. The van der Waals surface area contributed by atoms with Gasteiger partial charge in [-0.25, -0.2) is 9.59 Å². The van der Waals surface area contributed by atoms with Gasteiger partial charge in [-0.1, -0.05) is 0 Å². The summed E-state index contributed by atoms with van der Waals surface area (Å²) in [6.45, 7) is 6.00. The first-order valence-electron chi connectivity index (χ1n) is 7.06. The summed E-state index contributed by atoms with van der Waals surface area (Å²) in [4.78, 5) is 45.1. The Morgan fingerprint density at radius 1 is 1.23 bits per heavy atom. The number of carboxylic acids is 2. The fourth-order valence-electron chi connectivity index (χ4n) is 1.32. The first-order valence-corrected chi connectivity index (χ1v) is 6.61. The molecule has 0 radical (unpaired) electrons. The van der Waals surface area contributed by atoms with E-state index in [9.17, 15) is 19.2 Å². The monoisotopic (exact) mass is 319 g/mol. The van der Waals surface area contributed by atoms with Crippen LogP contribution in [0.2, 0.25) is 1.41 Å². The van der Waals surface area contributed by atoms with Gasteiger partial charge in [-0.15, -0.1) is 0 Å². The van der Waals surface area contributed by atoms with Crippen LogP contribution >= 0.6 is 0 Å². The van der Waals surface area contributed by atoms with Crippen molar-refractivity contribution < 1.29 is 35.5 Å². The molecule has 0 aromatic rings. The number of ether oxygens (including phenoxy) is 1. The van der Waals surface area contributed by atoms with E-state index in [-0.39, 0.29) is 11.7 Å². The van der Waals surface area contributed by atoms with E-state index in [1.807, 2.05) is 0 Å². The molecule has 4 N–H and O–H groups in total. The molecular weight excluding hydrogens is 296 g/mol. The van der Waals surface area contributed by atoms with Crippen molar-refractivity contribution in [2.24, 2.45) is 0 Å². The Labute approximate surface area is 129 Å². The molecule has 0 saturated carbocycles. The van der Waals surface area contributed by atoms with Crippen LogP contribution in [0.4, 0.5) is 4.79 Å². The molecule has 9 nitrogen and oxygen atoms in total. The standard InChI is InChI=1S/C13H22N2O7/c1-7(14-12(21)22-13(2,3)4)10(18)15-8(11(19)20)5-6-9(16)17/h7-8H,5-6H2,1-4H3,(H,14,21)(H,15,18)(H,16,17)(H,19,20)/t7-,8-/m0/s1/i/hD. The zero-order valence-electron chi connectivity index (χ0n) is 14.0. The Kier molecular flexibility index (Phi) is 6.61. The molecule has 0 unspecified atom stereocenters. The number of nitrogens with one attached hydrogen (secondary N) is 2. The summed E-state index contributed by atoms with van der Waals surface area (Å²) in [6, 6.07) is -2.73. The maximum atomic E-state index is 11.9. The summed E-state index contributed by atoms with van der Waals surface area (Å²) in [5.41, 5.74) is -0.850. The molecule has 0 heterocycles. The van der Waals surface area contributed by atoms with Crippen LogP contribution in [-0.2, 0) is 19.1 Å². The third-order valence-corrected chi connectivity index (χ3v) is 2.33. The van der Waals surface area contributed by atoms with Crippen LogP contribution in [0, 0.1) is 0 Å².